The van der Waals surface area contributed by atoms with Crippen LogP contribution in [0.4, 0.5) is 0 Å². The van der Waals surface area contributed by atoms with Gasteiger partial charge in [-0.15, -0.1) is 0 Å². The first kappa shape index (κ1) is 11.8. The minimum atomic E-state index is 0. The molecule has 0 aromatic rings. The number of epoxide rings is 1. The van der Waals surface area contributed by atoms with Gasteiger partial charge in [-0.2, -0.15) is 6.92 Å². The Morgan fingerprint density at radius 2 is 2.12 bits per heavy atom. The number of hydrogen-bond donors (Lipinski definition) is 1. The number of aliphatic hydroxyl groups excluding tert-OH is 1. The van der Waals surface area contributed by atoms with Gasteiger partial charge in [0, 0.05) is 32.7 Å². The molecule has 0 aromatic carbocycles. The predicted octanol–water partition coefficient (Wildman–Crippen LogP) is 0.215. The molecule has 1 radical (unpaired) electrons. The second-order valence-electron chi connectivity index (χ2n) is 1.14. The molecule has 0 saturated carbocycles. The van der Waals surface area contributed by atoms with E-state index in [1.165, 1.54) is 0 Å². The predicted molar refractivity (Wildman–Crippen MR) is 27.9 cm³/mol. The third-order valence-corrected chi connectivity index (χ3v) is 0.606. The van der Waals surface area contributed by atoms with Crippen LogP contribution in [-0.4, -0.2) is 24.4 Å². The first-order chi connectivity index (χ1) is 3.43. The van der Waals surface area contributed by atoms with Crippen LogP contribution in [0.15, 0.2) is 0 Å². The van der Waals surface area contributed by atoms with E-state index in [2.05, 4.69) is 11.7 Å². The van der Waals surface area contributed by atoms with E-state index in [0.717, 1.165) is 6.61 Å². The summed E-state index contributed by atoms with van der Waals surface area (Å²) in [6.07, 6.45) is 0.190. The Bertz CT molecular complexity index is 37.4. The summed E-state index contributed by atoms with van der Waals surface area (Å²) in [5, 5.41) is 8.08. The summed E-state index contributed by atoms with van der Waals surface area (Å²) >= 11 is 0. The standard InChI is InChI=1S/C3H6O2.C2H5.Y/c4-1-3-2-5-3;1-2;/h3-4H,1-2H2;1H2,2H3;/q;-1;. The minimum absolute atomic E-state index is 0. The summed E-state index contributed by atoms with van der Waals surface area (Å²) < 4.78 is 4.61. The topological polar surface area (TPSA) is 32.8 Å². The summed E-state index contributed by atoms with van der Waals surface area (Å²) in [5.41, 5.74) is 0. The Balaban J connectivity index is 0. The monoisotopic (exact) mass is 192 g/mol. The third-order valence-electron chi connectivity index (χ3n) is 0.606. The van der Waals surface area contributed by atoms with Crippen molar-refractivity contribution in [3.63, 3.8) is 0 Å². The van der Waals surface area contributed by atoms with Gasteiger partial charge in [0.2, 0.25) is 0 Å². The number of ether oxygens (including phenoxy) is 1. The van der Waals surface area contributed by atoms with Crippen molar-refractivity contribution in [1.82, 2.24) is 0 Å². The second kappa shape index (κ2) is 8.02. The van der Waals surface area contributed by atoms with Crippen LogP contribution >= 0.6 is 0 Å². The van der Waals surface area contributed by atoms with Gasteiger partial charge in [-0.05, 0) is 0 Å². The smallest absolute Gasteiger partial charge is 0.104 e. The zero-order valence-electron chi connectivity index (χ0n) is 5.13. The molecule has 0 spiro atoms. The fourth-order valence-corrected chi connectivity index (χ4v) is 0.173. The van der Waals surface area contributed by atoms with E-state index in [4.69, 9.17) is 5.11 Å². The van der Waals surface area contributed by atoms with Gasteiger partial charge in [0.25, 0.3) is 0 Å². The van der Waals surface area contributed by atoms with E-state index in [-0.39, 0.29) is 45.4 Å². The fraction of sp³-hybridized carbons (Fsp3) is 0.800. The number of aliphatic hydroxyl groups is 1. The van der Waals surface area contributed by atoms with Crippen LogP contribution in [0, 0.1) is 6.92 Å². The normalized spacial score (nSPS) is 22.1. The van der Waals surface area contributed by atoms with E-state index < -0.39 is 0 Å². The van der Waals surface area contributed by atoms with Crippen LogP contribution in [0.2, 0.25) is 0 Å². The number of hydrogen-bond acceptors (Lipinski definition) is 2. The molecule has 2 nitrogen and oxygen atoms in total. The molecule has 0 aromatic heterocycles. The largest absolute Gasteiger partial charge is 0.394 e. The SMILES string of the molecule is OCC1CO1.[CH2-]C.[Y]. The van der Waals surface area contributed by atoms with Crippen molar-refractivity contribution in [3.05, 3.63) is 6.92 Å². The fourth-order valence-electron chi connectivity index (χ4n) is 0.173. The van der Waals surface area contributed by atoms with Gasteiger partial charge in [0.1, 0.15) is 6.10 Å². The van der Waals surface area contributed by atoms with E-state index in [1.807, 2.05) is 0 Å². The van der Waals surface area contributed by atoms with E-state index >= 15 is 0 Å². The van der Waals surface area contributed by atoms with Crippen molar-refractivity contribution in [3.8, 4) is 0 Å². The van der Waals surface area contributed by atoms with Crippen molar-refractivity contribution >= 4 is 0 Å². The molecule has 1 rings (SSSR count). The van der Waals surface area contributed by atoms with E-state index in [1.54, 1.807) is 6.92 Å². The van der Waals surface area contributed by atoms with Crippen LogP contribution in [0.3, 0.4) is 0 Å². The maximum atomic E-state index is 8.08. The molecular formula is C5H11O2Y-. The van der Waals surface area contributed by atoms with Crippen molar-refractivity contribution in [1.29, 1.82) is 0 Å². The van der Waals surface area contributed by atoms with Gasteiger partial charge in [0.05, 0.1) is 13.2 Å². The number of rotatable bonds is 1. The first-order valence-corrected chi connectivity index (χ1v) is 2.36. The Kier molecular flexibility index (Phi) is 11.8. The Morgan fingerprint density at radius 1 is 1.75 bits per heavy atom. The molecule has 1 saturated heterocycles. The van der Waals surface area contributed by atoms with Crippen LogP contribution in [-0.2, 0) is 37.4 Å². The Morgan fingerprint density at radius 3 is 2.12 bits per heavy atom. The molecule has 1 aliphatic heterocycles. The van der Waals surface area contributed by atoms with E-state index in [0.29, 0.717) is 0 Å². The molecule has 1 heterocycles. The molecule has 8 heavy (non-hydrogen) atoms. The third kappa shape index (κ3) is 7.02. The van der Waals surface area contributed by atoms with Gasteiger partial charge in [-0.3, -0.25) is 0 Å². The van der Waals surface area contributed by atoms with Crippen molar-refractivity contribution < 1.29 is 42.6 Å². The molecule has 1 N–H and O–H groups in total. The first-order valence-electron chi connectivity index (χ1n) is 2.36. The van der Waals surface area contributed by atoms with Gasteiger partial charge in [-0.1, -0.05) is 0 Å². The molecule has 3 heteroatoms. The molecule has 0 amide bonds. The summed E-state index contributed by atoms with van der Waals surface area (Å²) in [6.45, 7) is 5.95. The molecular weight excluding hydrogens is 181 g/mol. The second-order valence-corrected chi connectivity index (χ2v) is 1.14. The summed E-state index contributed by atoms with van der Waals surface area (Å²) in [4.78, 5) is 0. The van der Waals surface area contributed by atoms with Crippen molar-refractivity contribution in [2.45, 2.75) is 13.0 Å². The molecule has 1 unspecified atom stereocenters. The summed E-state index contributed by atoms with van der Waals surface area (Å²) in [6, 6.07) is 0. The molecule has 1 atom stereocenters. The van der Waals surface area contributed by atoms with Gasteiger partial charge >= 0.3 is 0 Å². The van der Waals surface area contributed by atoms with Gasteiger partial charge < -0.3 is 16.8 Å². The van der Waals surface area contributed by atoms with Gasteiger partial charge in [0.15, 0.2) is 0 Å². The Hall–Kier alpha value is 1.02. The molecule has 0 aliphatic carbocycles. The average Bonchev–Trinajstić information content (AvgIpc) is 2.52. The van der Waals surface area contributed by atoms with E-state index in [9.17, 15) is 0 Å². The maximum absolute atomic E-state index is 8.08. The van der Waals surface area contributed by atoms with Crippen molar-refractivity contribution in [2.75, 3.05) is 13.2 Å². The van der Waals surface area contributed by atoms with Crippen LogP contribution in [0.5, 0.6) is 0 Å². The Labute approximate surface area is 75.5 Å². The van der Waals surface area contributed by atoms with Crippen LogP contribution in [0.25, 0.3) is 0 Å². The minimum Gasteiger partial charge on any atom is -0.394 e. The maximum Gasteiger partial charge on any atom is 0.104 e. The molecule has 1 fully saturated rings. The summed E-state index contributed by atoms with van der Waals surface area (Å²) in [5.74, 6) is 0. The molecule has 1 aliphatic rings. The zero-order chi connectivity index (χ0) is 5.70. The van der Waals surface area contributed by atoms with Crippen LogP contribution < -0.4 is 0 Å². The van der Waals surface area contributed by atoms with Gasteiger partial charge in [-0.25, -0.2) is 0 Å². The van der Waals surface area contributed by atoms with Crippen molar-refractivity contribution in [2.24, 2.45) is 0 Å². The zero-order valence-corrected chi connectivity index (χ0v) is 7.97. The van der Waals surface area contributed by atoms with Crippen LogP contribution in [0.1, 0.15) is 6.92 Å². The molecule has 47 valence electrons. The molecule has 0 bridgehead atoms. The quantitative estimate of drug-likeness (QED) is 0.476. The average molecular weight is 192 g/mol. The summed E-state index contributed by atoms with van der Waals surface area (Å²) in [7, 11) is 0.